The minimum atomic E-state index is -0.934. The van der Waals surface area contributed by atoms with Crippen molar-refractivity contribution in [3.05, 3.63) is 36.0 Å². The van der Waals surface area contributed by atoms with Gasteiger partial charge in [-0.2, -0.15) is 0 Å². The molecule has 2 bridgehead atoms. The Kier molecular flexibility index (Phi) is 5.72. The smallest absolute Gasteiger partial charge is 0.268 e. The number of likely N-dealkylation sites (tertiary alicyclic amines) is 2. The summed E-state index contributed by atoms with van der Waals surface area (Å²) >= 11 is 0. The third kappa shape index (κ3) is 3.98. The molecular formula is C23H31N5O4. The van der Waals surface area contributed by atoms with E-state index in [1.807, 2.05) is 45.0 Å². The zero-order chi connectivity index (χ0) is 23.2. The number of benzene rings is 1. The number of H-pyrrole nitrogens is 1. The first-order chi connectivity index (χ1) is 15.1. The van der Waals surface area contributed by atoms with E-state index in [9.17, 15) is 19.5 Å². The van der Waals surface area contributed by atoms with Crippen molar-refractivity contribution in [2.24, 2.45) is 11.1 Å². The molecule has 3 amide bonds. The number of nitrogens with two attached hydrogens (primary N) is 1. The van der Waals surface area contributed by atoms with Gasteiger partial charge in [0.25, 0.3) is 5.91 Å². The van der Waals surface area contributed by atoms with E-state index in [0.29, 0.717) is 25.2 Å². The number of carbonyl (C=O) groups is 3. The van der Waals surface area contributed by atoms with Gasteiger partial charge in [0.15, 0.2) is 0 Å². The van der Waals surface area contributed by atoms with Crippen molar-refractivity contribution in [2.75, 3.05) is 19.7 Å². The molecule has 2 aliphatic heterocycles. The van der Waals surface area contributed by atoms with Gasteiger partial charge in [0.1, 0.15) is 17.8 Å². The molecule has 1 aromatic carbocycles. The lowest BCUT2D eigenvalue weighted by Crippen LogP contribution is -2.60. The second-order valence-electron chi connectivity index (χ2n) is 9.86. The van der Waals surface area contributed by atoms with Crippen molar-refractivity contribution < 1.29 is 19.5 Å². The number of aromatic nitrogens is 1. The van der Waals surface area contributed by atoms with Gasteiger partial charge in [0, 0.05) is 24.0 Å². The normalized spacial score (nSPS) is 22.3. The van der Waals surface area contributed by atoms with Crippen molar-refractivity contribution in [3.8, 4) is 0 Å². The molecule has 0 saturated carbocycles. The largest absolute Gasteiger partial charge is 0.394 e. The van der Waals surface area contributed by atoms with Crippen molar-refractivity contribution in [1.29, 1.82) is 0 Å². The number of rotatable bonds is 5. The summed E-state index contributed by atoms with van der Waals surface area (Å²) in [4.78, 5) is 45.5. The Labute approximate surface area is 186 Å². The number of hydrogen-bond donors (Lipinski definition) is 4. The summed E-state index contributed by atoms with van der Waals surface area (Å²) in [5.41, 5.74) is 6.46. The number of aliphatic hydroxyl groups excluding tert-OH is 1. The Morgan fingerprint density at radius 1 is 1.16 bits per heavy atom. The highest BCUT2D eigenvalue weighted by Gasteiger charge is 2.50. The molecule has 2 aromatic rings. The third-order valence-corrected chi connectivity index (χ3v) is 6.48. The van der Waals surface area contributed by atoms with Crippen molar-refractivity contribution in [3.63, 3.8) is 0 Å². The van der Waals surface area contributed by atoms with Gasteiger partial charge in [-0.05, 0) is 24.0 Å². The van der Waals surface area contributed by atoms with Crippen molar-refractivity contribution >= 4 is 28.6 Å². The first-order valence-electron chi connectivity index (χ1n) is 11.0. The number of aliphatic hydroxyl groups is 1. The predicted molar refractivity (Wildman–Crippen MR) is 120 cm³/mol. The van der Waals surface area contributed by atoms with Gasteiger partial charge >= 0.3 is 0 Å². The molecule has 0 aliphatic carbocycles. The van der Waals surface area contributed by atoms with Crippen LogP contribution in [0.3, 0.4) is 0 Å². The van der Waals surface area contributed by atoms with Crippen LogP contribution in [-0.4, -0.2) is 81.5 Å². The lowest BCUT2D eigenvalue weighted by molar-refractivity contribution is -0.143. The van der Waals surface area contributed by atoms with Gasteiger partial charge in [-0.3, -0.25) is 14.4 Å². The van der Waals surface area contributed by atoms with Gasteiger partial charge < -0.3 is 30.9 Å². The Bertz CT molecular complexity index is 1010. The lowest BCUT2D eigenvalue weighted by atomic mass is 9.85. The molecular weight excluding hydrogens is 410 g/mol. The molecule has 2 saturated heterocycles. The second-order valence-corrected chi connectivity index (χ2v) is 9.86. The quantitative estimate of drug-likeness (QED) is 0.535. The van der Waals surface area contributed by atoms with Crippen molar-refractivity contribution in [2.45, 2.75) is 51.4 Å². The summed E-state index contributed by atoms with van der Waals surface area (Å²) in [6, 6.07) is 7.52. The monoisotopic (exact) mass is 441 g/mol. The van der Waals surface area contributed by atoms with E-state index in [1.165, 1.54) is 0 Å². The van der Waals surface area contributed by atoms with Crippen LogP contribution >= 0.6 is 0 Å². The average molecular weight is 442 g/mol. The van der Waals surface area contributed by atoms with Gasteiger partial charge in [0.05, 0.1) is 18.7 Å². The van der Waals surface area contributed by atoms with E-state index in [0.717, 1.165) is 10.9 Å². The molecule has 0 spiro atoms. The summed E-state index contributed by atoms with van der Waals surface area (Å²) in [7, 11) is 0. The molecule has 32 heavy (non-hydrogen) atoms. The molecule has 2 fully saturated rings. The van der Waals surface area contributed by atoms with Crippen LogP contribution in [0.1, 0.15) is 37.7 Å². The van der Waals surface area contributed by atoms with Crippen LogP contribution in [0.2, 0.25) is 0 Å². The fourth-order valence-corrected chi connectivity index (χ4v) is 4.72. The van der Waals surface area contributed by atoms with Crippen LogP contribution in [0.4, 0.5) is 0 Å². The summed E-state index contributed by atoms with van der Waals surface area (Å²) < 4.78 is 0. The molecule has 9 heteroatoms. The number of nitrogens with zero attached hydrogens (tertiary/aromatic N) is 2. The van der Waals surface area contributed by atoms with Gasteiger partial charge in [-0.25, -0.2) is 0 Å². The Hall–Kier alpha value is -2.91. The Morgan fingerprint density at radius 2 is 1.78 bits per heavy atom. The first kappa shape index (κ1) is 22.3. The minimum Gasteiger partial charge on any atom is -0.394 e. The number of aromatic amines is 1. The van der Waals surface area contributed by atoms with E-state index in [-0.39, 0.29) is 29.8 Å². The molecule has 9 nitrogen and oxygen atoms in total. The summed E-state index contributed by atoms with van der Waals surface area (Å²) in [5, 5.41) is 13.0. The van der Waals surface area contributed by atoms with Gasteiger partial charge in [0.2, 0.25) is 11.8 Å². The van der Waals surface area contributed by atoms with E-state index < -0.39 is 24.1 Å². The number of piperazine rings is 1. The maximum Gasteiger partial charge on any atom is 0.268 e. The highest BCUT2D eigenvalue weighted by molar-refractivity contribution is 6.00. The zero-order valence-corrected chi connectivity index (χ0v) is 18.7. The molecule has 5 N–H and O–H groups in total. The first-order valence-corrected chi connectivity index (χ1v) is 11.0. The number of amides is 3. The molecule has 4 atom stereocenters. The molecule has 1 aromatic heterocycles. The van der Waals surface area contributed by atoms with Crippen LogP contribution in [0.15, 0.2) is 30.3 Å². The van der Waals surface area contributed by atoms with Gasteiger partial charge in [-0.1, -0.05) is 39.0 Å². The zero-order valence-electron chi connectivity index (χ0n) is 18.7. The van der Waals surface area contributed by atoms with Crippen LogP contribution < -0.4 is 11.1 Å². The Balaban J connectivity index is 1.48. The number of fused-ring (bicyclic) bond motifs is 3. The van der Waals surface area contributed by atoms with Crippen LogP contribution in [0.25, 0.3) is 10.9 Å². The van der Waals surface area contributed by atoms with E-state index in [4.69, 9.17) is 5.73 Å². The number of carbonyl (C=O) groups excluding carboxylic acids is 3. The molecule has 4 rings (SSSR count). The number of nitrogens with one attached hydrogen (secondary N) is 2. The highest BCUT2D eigenvalue weighted by atomic mass is 16.3. The van der Waals surface area contributed by atoms with Crippen LogP contribution in [0.5, 0.6) is 0 Å². The highest BCUT2D eigenvalue weighted by Crippen LogP contribution is 2.33. The van der Waals surface area contributed by atoms with E-state index >= 15 is 0 Å². The van der Waals surface area contributed by atoms with Crippen LogP contribution in [0, 0.1) is 5.41 Å². The molecule has 0 radical (unpaired) electrons. The fourth-order valence-electron chi connectivity index (χ4n) is 4.72. The molecule has 2 aliphatic rings. The topological polar surface area (TPSA) is 132 Å². The fraction of sp³-hybridized carbons (Fsp3) is 0.522. The maximum absolute atomic E-state index is 13.5. The lowest BCUT2D eigenvalue weighted by Gasteiger charge is -2.39. The number of hydrogen-bond acceptors (Lipinski definition) is 5. The second kappa shape index (κ2) is 8.22. The maximum atomic E-state index is 13.5. The SMILES string of the molecule is CC(C)(C)[C@H](NC(=O)c1cc2ccccc2[nH]1)C(=O)N1C[C@@H]2C[C@H]1CN2C(=O)[C@@H](N)CO. The predicted octanol–water partition coefficient (Wildman–Crippen LogP) is 0.444. The molecule has 0 unspecified atom stereocenters. The molecule has 172 valence electrons. The number of para-hydroxylation sites is 1. The van der Waals surface area contributed by atoms with E-state index in [1.54, 1.807) is 15.9 Å². The van der Waals surface area contributed by atoms with Crippen molar-refractivity contribution in [1.82, 2.24) is 20.1 Å². The standard InChI is InChI=1S/C23H31N5O4/c1-23(2,3)19(26-20(30)18-8-13-6-4-5-7-17(13)25-18)22(32)28-11-14-9-15(28)10-27(14)21(31)16(24)12-29/h4-8,14-16,19,25,29H,9-12,24H2,1-3H3,(H,26,30)/t14-,15-,16-,19+/m0/s1. The third-order valence-electron chi connectivity index (χ3n) is 6.48. The average Bonchev–Trinajstić information content (AvgIpc) is 3.48. The van der Waals surface area contributed by atoms with Gasteiger partial charge in [-0.15, -0.1) is 0 Å². The summed E-state index contributed by atoms with van der Waals surface area (Å²) in [5.74, 6) is -0.760. The van der Waals surface area contributed by atoms with E-state index in [2.05, 4.69) is 10.3 Å². The Morgan fingerprint density at radius 3 is 2.34 bits per heavy atom. The summed E-state index contributed by atoms with van der Waals surface area (Å²) in [6.07, 6.45) is 0.683. The van der Waals surface area contributed by atoms with Crippen LogP contribution in [-0.2, 0) is 9.59 Å². The minimum absolute atomic E-state index is 0.112. The molecule has 3 heterocycles. The summed E-state index contributed by atoms with van der Waals surface area (Å²) in [6.45, 7) is 6.17.